The SMILES string of the molecule is CCCC(CC)CC(=O)NC(COC)Cc1ccccc1. The predicted molar refractivity (Wildman–Crippen MR) is 87.3 cm³/mol. The van der Waals surface area contributed by atoms with Crippen molar-refractivity contribution in [2.24, 2.45) is 5.92 Å². The van der Waals surface area contributed by atoms with Gasteiger partial charge in [0.05, 0.1) is 12.6 Å². The van der Waals surface area contributed by atoms with E-state index in [0.29, 0.717) is 18.9 Å². The van der Waals surface area contributed by atoms with E-state index in [9.17, 15) is 4.79 Å². The summed E-state index contributed by atoms with van der Waals surface area (Å²) in [6, 6.07) is 10.3. The first-order valence-corrected chi connectivity index (χ1v) is 8.01. The number of nitrogens with one attached hydrogen (secondary N) is 1. The van der Waals surface area contributed by atoms with E-state index in [2.05, 4.69) is 31.3 Å². The van der Waals surface area contributed by atoms with Crippen molar-refractivity contribution in [2.45, 2.75) is 52.0 Å². The van der Waals surface area contributed by atoms with Crippen LogP contribution in [-0.4, -0.2) is 25.7 Å². The number of carbonyl (C=O) groups excluding carboxylic acids is 1. The Balaban J connectivity index is 2.51. The van der Waals surface area contributed by atoms with Gasteiger partial charge in [0.2, 0.25) is 5.91 Å². The van der Waals surface area contributed by atoms with Crippen molar-refractivity contribution < 1.29 is 9.53 Å². The first-order valence-electron chi connectivity index (χ1n) is 8.01. The van der Waals surface area contributed by atoms with E-state index in [0.717, 1.165) is 25.7 Å². The lowest BCUT2D eigenvalue weighted by molar-refractivity contribution is -0.123. The quantitative estimate of drug-likeness (QED) is 0.715. The Hall–Kier alpha value is -1.35. The summed E-state index contributed by atoms with van der Waals surface area (Å²) < 4.78 is 5.24. The molecule has 0 spiro atoms. The summed E-state index contributed by atoms with van der Waals surface area (Å²) in [6.07, 6.45) is 4.76. The van der Waals surface area contributed by atoms with Crippen LogP contribution in [0, 0.1) is 5.92 Å². The molecule has 2 unspecified atom stereocenters. The van der Waals surface area contributed by atoms with Crippen LogP contribution in [0.5, 0.6) is 0 Å². The summed E-state index contributed by atoms with van der Waals surface area (Å²) in [4.78, 5) is 12.2. The molecule has 21 heavy (non-hydrogen) atoms. The Morgan fingerprint density at radius 1 is 1.24 bits per heavy atom. The molecule has 1 N–H and O–H groups in total. The highest BCUT2D eigenvalue weighted by molar-refractivity contribution is 5.76. The first kappa shape index (κ1) is 17.7. The van der Waals surface area contributed by atoms with Gasteiger partial charge in [-0.25, -0.2) is 0 Å². The molecule has 0 radical (unpaired) electrons. The number of benzene rings is 1. The monoisotopic (exact) mass is 291 g/mol. The second kappa shape index (κ2) is 10.4. The molecular formula is C18H29NO2. The van der Waals surface area contributed by atoms with Crippen LogP contribution in [-0.2, 0) is 16.0 Å². The Kier molecular flexibility index (Phi) is 8.76. The fraction of sp³-hybridized carbons (Fsp3) is 0.611. The van der Waals surface area contributed by atoms with E-state index in [4.69, 9.17) is 4.74 Å². The maximum atomic E-state index is 12.2. The summed E-state index contributed by atoms with van der Waals surface area (Å²) in [7, 11) is 1.68. The summed E-state index contributed by atoms with van der Waals surface area (Å²) in [5, 5.41) is 3.13. The molecule has 0 bridgehead atoms. The normalized spacial score (nSPS) is 13.7. The van der Waals surface area contributed by atoms with Crippen LogP contribution >= 0.6 is 0 Å². The fourth-order valence-corrected chi connectivity index (χ4v) is 2.66. The van der Waals surface area contributed by atoms with Crippen molar-refractivity contribution in [3.8, 4) is 0 Å². The molecule has 118 valence electrons. The molecule has 0 aromatic heterocycles. The lowest BCUT2D eigenvalue weighted by atomic mass is 9.96. The van der Waals surface area contributed by atoms with Gasteiger partial charge in [-0.3, -0.25) is 4.79 Å². The largest absolute Gasteiger partial charge is 0.383 e. The molecule has 0 aliphatic carbocycles. The van der Waals surface area contributed by atoms with Gasteiger partial charge in [0.15, 0.2) is 0 Å². The van der Waals surface area contributed by atoms with Gasteiger partial charge < -0.3 is 10.1 Å². The minimum absolute atomic E-state index is 0.0454. The van der Waals surface area contributed by atoms with Crippen LogP contribution in [0.3, 0.4) is 0 Å². The van der Waals surface area contributed by atoms with Gasteiger partial charge in [-0.15, -0.1) is 0 Å². The van der Waals surface area contributed by atoms with Gasteiger partial charge in [0.25, 0.3) is 0 Å². The summed E-state index contributed by atoms with van der Waals surface area (Å²) in [5.41, 5.74) is 1.22. The molecule has 1 amide bonds. The van der Waals surface area contributed by atoms with E-state index in [1.807, 2.05) is 18.2 Å². The highest BCUT2D eigenvalue weighted by atomic mass is 16.5. The minimum atomic E-state index is 0.0454. The highest BCUT2D eigenvalue weighted by Crippen LogP contribution is 2.15. The van der Waals surface area contributed by atoms with Crippen LogP contribution in [0.2, 0.25) is 0 Å². The Morgan fingerprint density at radius 3 is 2.52 bits per heavy atom. The Labute approximate surface area is 129 Å². The van der Waals surface area contributed by atoms with Gasteiger partial charge in [0.1, 0.15) is 0 Å². The number of hydrogen-bond acceptors (Lipinski definition) is 2. The third-order valence-corrected chi connectivity index (χ3v) is 3.81. The molecule has 0 aliphatic rings. The molecule has 0 heterocycles. The lowest BCUT2D eigenvalue weighted by Crippen LogP contribution is -2.40. The number of rotatable bonds is 10. The zero-order chi connectivity index (χ0) is 15.5. The Bertz CT molecular complexity index is 391. The highest BCUT2D eigenvalue weighted by Gasteiger charge is 2.16. The van der Waals surface area contributed by atoms with Crippen LogP contribution in [0.1, 0.15) is 45.1 Å². The van der Waals surface area contributed by atoms with Gasteiger partial charge >= 0.3 is 0 Å². The van der Waals surface area contributed by atoms with Crippen LogP contribution < -0.4 is 5.32 Å². The first-order chi connectivity index (χ1) is 10.2. The van der Waals surface area contributed by atoms with Crippen molar-refractivity contribution >= 4 is 5.91 Å². The summed E-state index contributed by atoms with van der Waals surface area (Å²) in [6.45, 7) is 4.87. The molecule has 0 saturated carbocycles. The molecule has 2 atom stereocenters. The molecular weight excluding hydrogens is 262 g/mol. The van der Waals surface area contributed by atoms with Crippen molar-refractivity contribution in [3.05, 3.63) is 35.9 Å². The van der Waals surface area contributed by atoms with Gasteiger partial charge in [0, 0.05) is 13.5 Å². The van der Waals surface area contributed by atoms with E-state index >= 15 is 0 Å². The van der Waals surface area contributed by atoms with E-state index in [-0.39, 0.29) is 11.9 Å². The molecule has 1 rings (SSSR count). The van der Waals surface area contributed by atoms with Crippen molar-refractivity contribution in [1.82, 2.24) is 5.32 Å². The third kappa shape index (κ3) is 7.28. The maximum Gasteiger partial charge on any atom is 0.220 e. The zero-order valence-corrected chi connectivity index (χ0v) is 13.6. The molecule has 0 aliphatic heterocycles. The summed E-state index contributed by atoms with van der Waals surface area (Å²) >= 11 is 0. The smallest absolute Gasteiger partial charge is 0.220 e. The average molecular weight is 291 g/mol. The molecule has 0 saturated heterocycles. The number of ether oxygens (including phenoxy) is 1. The molecule has 3 heteroatoms. The average Bonchev–Trinajstić information content (AvgIpc) is 2.48. The van der Waals surface area contributed by atoms with Crippen LogP contribution in [0.25, 0.3) is 0 Å². The van der Waals surface area contributed by atoms with Crippen molar-refractivity contribution in [2.75, 3.05) is 13.7 Å². The predicted octanol–water partition coefficient (Wildman–Crippen LogP) is 3.58. The minimum Gasteiger partial charge on any atom is -0.383 e. The summed E-state index contributed by atoms with van der Waals surface area (Å²) in [5.74, 6) is 0.642. The van der Waals surface area contributed by atoms with Crippen LogP contribution in [0.4, 0.5) is 0 Å². The number of methoxy groups -OCH3 is 1. The second-order valence-electron chi connectivity index (χ2n) is 5.68. The zero-order valence-electron chi connectivity index (χ0n) is 13.6. The topological polar surface area (TPSA) is 38.3 Å². The third-order valence-electron chi connectivity index (χ3n) is 3.81. The number of hydrogen-bond donors (Lipinski definition) is 1. The Morgan fingerprint density at radius 2 is 1.95 bits per heavy atom. The number of carbonyl (C=O) groups is 1. The van der Waals surface area contributed by atoms with Gasteiger partial charge in [-0.1, -0.05) is 63.4 Å². The molecule has 1 aromatic rings. The van der Waals surface area contributed by atoms with Crippen molar-refractivity contribution in [3.63, 3.8) is 0 Å². The van der Waals surface area contributed by atoms with E-state index in [1.54, 1.807) is 7.11 Å². The molecule has 3 nitrogen and oxygen atoms in total. The second-order valence-corrected chi connectivity index (χ2v) is 5.68. The lowest BCUT2D eigenvalue weighted by Gasteiger charge is -2.20. The molecule has 0 fully saturated rings. The standard InChI is InChI=1S/C18H29NO2/c1-4-9-15(5-2)13-18(20)19-17(14-21-3)12-16-10-7-6-8-11-16/h6-8,10-11,15,17H,4-5,9,12-14H2,1-3H3,(H,19,20). The van der Waals surface area contributed by atoms with Crippen molar-refractivity contribution in [1.29, 1.82) is 0 Å². The van der Waals surface area contributed by atoms with E-state index in [1.165, 1.54) is 5.56 Å². The maximum absolute atomic E-state index is 12.2. The van der Waals surface area contributed by atoms with Crippen LogP contribution in [0.15, 0.2) is 30.3 Å². The number of amides is 1. The van der Waals surface area contributed by atoms with E-state index < -0.39 is 0 Å². The van der Waals surface area contributed by atoms with Gasteiger partial charge in [-0.2, -0.15) is 0 Å². The fourth-order valence-electron chi connectivity index (χ4n) is 2.66. The van der Waals surface area contributed by atoms with Gasteiger partial charge in [-0.05, 0) is 17.9 Å². The molecule has 1 aromatic carbocycles.